The molecule has 0 radical (unpaired) electrons. The van der Waals surface area contributed by atoms with Crippen LogP contribution in [0.1, 0.15) is 24.9 Å². The van der Waals surface area contributed by atoms with Crippen LogP contribution in [0, 0.1) is 0 Å². The van der Waals surface area contributed by atoms with Gasteiger partial charge in [0.05, 0.1) is 11.6 Å². The van der Waals surface area contributed by atoms with Crippen molar-refractivity contribution in [3.05, 3.63) is 65.0 Å². The summed E-state index contributed by atoms with van der Waals surface area (Å²) < 4.78 is 39.4. The van der Waals surface area contributed by atoms with Gasteiger partial charge in [-0.25, -0.2) is 24.4 Å². The number of rotatable bonds is 6. The lowest BCUT2D eigenvalue weighted by molar-refractivity contribution is -0.841. The number of H-pyrrole nitrogens is 1. The highest BCUT2D eigenvalue weighted by molar-refractivity contribution is 7.07. The molecule has 0 aliphatic rings. The number of fused-ring (bicyclic) bond motifs is 1. The lowest BCUT2D eigenvalue weighted by Crippen LogP contribution is -2.51. The van der Waals surface area contributed by atoms with E-state index in [4.69, 9.17) is 0 Å². The highest BCUT2D eigenvalue weighted by Gasteiger charge is 2.44. The average Bonchev–Trinajstić information content (AvgIpc) is 3.46. The number of thiazole rings is 1. The summed E-state index contributed by atoms with van der Waals surface area (Å²) in [5.41, 5.74) is 3.48. The number of aromatic nitrogens is 3. The third-order valence-electron chi connectivity index (χ3n) is 4.93. The van der Waals surface area contributed by atoms with Crippen LogP contribution in [0.4, 0.5) is 23.7 Å². The number of nitrogens with zero attached hydrogens (tertiary/aromatic N) is 2. The standard InChI is InChI=1S/C22H18F3N5O3S/c1-2-15(13-6-4-3-5-7-13)29-21(32)27-14-8-9-16-18(10-14)30(33-20(31)22(23,24)25)19(28-16)17-11-34-12-26-17/h3-12,15H,2H2,1H3,(H2,27,29,32)/p+1/t15-/m1/s1. The molecular weight excluding hydrogens is 471 g/mol. The van der Waals surface area contributed by atoms with E-state index in [0.29, 0.717) is 11.9 Å². The third-order valence-corrected chi connectivity index (χ3v) is 5.51. The molecule has 0 aliphatic heterocycles. The number of hydrogen-bond acceptors (Lipinski definition) is 5. The summed E-state index contributed by atoms with van der Waals surface area (Å²) in [5, 5.41) is 7.12. The van der Waals surface area contributed by atoms with E-state index in [-0.39, 0.29) is 28.8 Å². The summed E-state index contributed by atoms with van der Waals surface area (Å²) in [5.74, 6) is -2.34. The van der Waals surface area contributed by atoms with Gasteiger partial charge in [-0.1, -0.05) is 37.3 Å². The topological polar surface area (TPSA) is 100.0 Å². The van der Waals surface area contributed by atoms with Crippen molar-refractivity contribution in [2.75, 3.05) is 5.32 Å². The number of nitrogens with one attached hydrogen (secondary N) is 3. The fourth-order valence-corrected chi connectivity index (χ4v) is 3.88. The molecule has 0 unspecified atom stereocenters. The maximum atomic E-state index is 12.9. The van der Waals surface area contributed by atoms with E-state index < -0.39 is 18.2 Å². The first-order chi connectivity index (χ1) is 16.3. The molecule has 4 rings (SSSR count). The molecule has 176 valence electrons. The van der Waals surface area contributed by atoms with Crippen LogP contribution in [0.25, 0.3) is 22.6 Å². The van der Waals surface area contributed by atoms with Crippen molar-refractivity contribution in [2.45, 2.75) is 25.6 Å². The van der Waals surface area contributed by atoms with Crippen molar-refractivity contribution in [1.29, 1.82) is 0 Å². The first-order valence-corrected chi connectivity index (χ1v) is 11.1. The monoisotopic (exact) mass is 490 g/mol. The number of aromatic amines is 1. The summed E-state index contributed by atoms with van der Waals surface area (Å²) >= 11 is 1.22. The quantitative estimate of drug-likeness (QED) is 0.350. The van der Waals surface area contributed by atoms with Crippen molar-refractivity contribution >= 4 is 40.1 Å². The van der Waals surface area contributed by atoms with Crippen molar-refractivity contribution < 1.29 is 32.3 Å². The van der Waals surface area contributed by atoms with Crippen molar-refractivity contribution in [3.8, 4) is 11.5 Å². The summed E-state index contributed by atoms with van der Waals surface area (Å²) in [6.07, 6.45) is -4.54. The maximum absolute atomic E-state index is 12.9. The van der Waals surface area contributed by atoms with Gasteiger partial charge >= 0.3 is 24.0 Å². The van der Waals surface area contributed by atoms with E-state index in [2.05, 4.69) is 25.4 Å². The number of halogens is 3. The third kappa shape index (κ3) is 5.01. The van der Waals surface area contributed by atoms with Crippen LogP contribution >= 0.6 is 11.3 Å². The van der Waals surface area contributed by atoms with Crippen molar-refractivity contribution in [2.24, 2.45) is 0 Å². The molecule has 0 aliphatic carbocycles. The molecule has 3 N–H and O–H groups in total. The summed E-state index contributed by atoms with van der Waals surface area (Å²) in [6, 6.07) is 13.2. The van der Waals surface area contributed by atoms with E-state index in [1.54, 1.807) is 17.5 Å². The Morgan fingerprint density at radius 3 is 2.62 bits per heavy atom. The van der Waals surface area contributed by atoms with Crippen LogP contribution in [-0.2, 0) is 4.79 Å². The molecule has 34 heavy (non-hydrogen) atoms. The first-order valence-electron chi connectivity index (χ1n) is 10.1. The smallest absolute Gasteiger partial charge is 0.331 e. The van der Waals surface area contributed by atoms with Gasteiger partial charge in [0.15, 0.2) is 11.2 Å². The molecule has 2 aromatic heterocycles. The lowest BCUT2D eigenvalue weighted by atomic mass is 10.1. The van der Waals surface area contributed by atoms with Gasteiger partial charge in [0.25, 0.3) is 0 Å². The SMILES string of the molecule is CC[C@@H](NC(=O)Nc1ccc2[nH]c(-c3cscn3)[n+](OC(=O)C(F)(F)F)c2c1)c1ccccc1. The number of urea groups is 1. The zero-order chi connectivity index (χ0) is 24.3. The van der Waals surface area contributed by atoms with E-state index >= 15 is 0 Å². The molecule has 2 amide bonds. The molecule has 4 aromatic rings. The number of carbonyl (C=O) groups excluding carboxylic acids is 2. The molecule has 0 spiro atoms. The lowest BCUT2D eigenvalue weighted by Gasteiger charge is -2.17. The van der Waals surface area contributed by atoms with Gasteiger partial charge < -0.3 is 10.6 Å². The van der Waals surface area contributed by atoms with Gasteiger partial charge in [0.1, 0.15) is 0 Å². The molecule has 0 saturated heterocycles. The Morgan fingerprint density at radius 2 is 1.97 bits per heavy atom. The van der Waals surface area contributed by atoms with Crippen LogP contribution in [0.3, 0.4) is 0 Å². The fourth-order valence-electron chi connectivity index (χ4n) is 3.34. The average molecular weight is 490 g/mol. The Hall–Kier alpha value is -3.93. The molecule has 0 fully saturated rings. The number of amides is 2. The van der Waals surface area contributed by atoms with Crippen LogP contribution in [-0.4, -0.2) is 28.1 Å². The second-order valence-electron chi connectivity index (χ2n) is 7.22. The van der Waals surface area contributed by atoms with Crippen LogP contribution in [0.15, 0.2) is 59.4 Å². The molecule has 2 aromatic carbocycles. The van der Waals surface area contributed by atoms with Crippen molar-refractivity contribution in [3.63, 3.8) is 0 Å². The largest absolute Gasteiger partial charge is 0.495 e. The molecule has 8 nitrogen and oxygen atoms in total. The first kappa shape index (κ1) is 23.2. The zero-order valence-corrected chi connectivity index (χ0v) is 18.5. The molecule has 1 atom stereocenters. The molecule has 0 saturated carbocycles. The Morgan fingerprint density at radius 1 is 1.21 bits per heavy atom. The van der Waals surface area contributed by atoms with Crippen LogP contribution in [0.5, 0.6) is 0 Å². The predicted molar refractivity (Wildman–Crippen MR) is 119 cm³/mol. The van der Waals surface area contributed by atoms with Gasteiger partial charge in [0, 0.05) is 17.1 Å². The molecule has 2 heterocycles. The van der Waals surface area contributed by atoms with Crippen molar-refractivity contribution in [1.82, 2.24) is 15.3 Å². The fraction of sp³-hybridized carbons (Fsp3) is 0.182. The summed E-state index contributed by atoms with van der Waals surface area (Å²) in [4.78, 5) is 35.8. The minimum absolute atomic E-state index is 0.0468. The molecule has 0 bridgehead atoms. The van der Waals surface area contributed by atoms with E-state index in [0.717, 1.165) is 10.3 Å². The maximum Gasteiger partial charge on any atom is 0.495 e. The minimum Gasteiger partial charge on any atom is -0.331 e. The molecule has 12 heteroatoms. The zero-order valence-electron chi connectivity index (χ0n) is 17.7. The van der Waals surface area contributed by atoms with Crippen LogP contribution < -0.4 is 20.2 Å². The normalized spacial score (nSPS) is 12.4. The van der Waals surface area contributed by atoms with Gasteiger partial charge in [-0.2, -0.15) is 13.2 Å². The van der Waals surface area contributed by atoms with Gasteiger partial charge in [-0.3, -0.25) is 0 Å². The highest BCUT2D eigenvalue weighted by atomic mass is 32.1. The highest BCUT2D eigenvalue weighted by Crippen LogP contribution is 2.23. The summed E-state index contributed by atoms with van der Waals surface area (Å²) in [6.45, 7) is 1.93. The second kappa shape index (κ2) is 9.51. The number of anilines is 1. The summed E-state index contributed by atoms with van der Waals surface area (Å²) in [7, 11) is 0. The van der Waals surface area contributed by atoms with Gasteiger partial charge in [0.2, 0.25) is 5.52 Å². The molecular formula is C22H19F3N5O3S+. The van der Waals surface area contributed by atoms with Crippen LogP contribution in [0.2, 0.25) is 0 Å². The van der Waals surface area contributed by atoms with E-state index in [1.807, 2.05) is 37.3 Å². The van der Waals surface area contributed by atoms with Gasteiger partial charge in [-0.05, 0) is 28.8 Å². The predicted octanol–water partition coefficient (Wildman–Crippen LogP) is 4.37. The number of carbonyl (C=O) groups is 2. The number of benzene rings is 2. The Balaban J connectivity index is 1.63. The number of alkyl halides is 3. The van der Waals surface area contributed by atoms with E-state index in [9.17, 15) is 22.8 Å². The Labute approximate surface area is 195 Å². The van der Waals surface area contributed by atoms with Gasteiger partial charge in [-0.15, -0.1) is 11.3 Å². The Kier molecular flexibility index (Phi) is 6.50. The Bertz CT molecular complexity index is 1310. The van der Waals surface area contributed by atoms with E-state index in [1.165, 1.54) is 22.9 Å². The number of imidazole rings is 1. The second-order valence-corrected chi connectivity index (χ2v) is 7.94. The number of hydrogen-bond donors (Lipinski definition) is 3. The minimum atomic E-state index is -5.20.